The molecular formula is C18H17N3OS. The first kappa shape index (κ1) is 15.4. The number of aryl methyl sites for hydroxylation is 2. The summed E-state index contributed by atoms with van der Waals surface area (Å²) in [5.41, 5.74) is 3.37. The second kappa shape index (κ2) is 7.15. The lowest BCUT2D eigenvalue weighted by atomic mass is 10.1. The lowest BCUT2D eigenvalue weighted by Crippen LogP contribution is -2.12. The highest BCUT2D eigenvalue weighted by molar-refractivity contribution is 7.18. The maximum Gasteiger partial charge on any atom is 0.226 e. The summed E-state index contributed by atoms with van der Waals surface area (Å²) in [7, 11) is 0. The normalized spacial score (nSPS) is 10.5. The molecule has 0 atom stereocenters. The van der Waals surface area contributed by atoms with Crippen molar-refractivity contribution in [3.8, 4) is 10.6 Å². The van der Waals surface area contributed by atoms with Gasteiger partial charge in [-0.3, -0.25) is 4.79 Å². The quantitative estimate of drug-likeness (QED) is 0.769. The Morgan fingerprint density at radius 3 is 2.52 bits per heavy atom. The van der Waals surface area contributed by atoms with Crippen LogP contribution in [0.1, 0.15) is 17.5 Å². The molecule has 0 aliphatic rings. The van der Waals surface area contributed by atoms with E-state index in [2.05, 4.69) is 15.5 Å². The van der Waals surface area contributed by atoms with E-state index in [0.29, 0.717) is 11.6 Å². The molecule has 2 aromatic carbocycles. The first-order valence-corrected chi connectivity index (χ1v) is 8.27. The Morgan fingerprint density at radius 1 is 1.04 bits per heavy atom. The molecule has 1 heterocycles. The topological polar surface area (TPSA) is 54.9 Å². The van der Waals surface area contributed by atoms with Crippen molar-refractivity contribution in [2.24, 2.45) is 0 Å². The fraction of sp³-hybridized carbons (Fsp3) is 0.167. The molecule has 0 aliphatic carbocycles. The monoisotopic (exact) mass is 323 g/mol. The lowest BCUT2D eigenvalue weighted by molar-refractivity contribution is -0.116. The van der Waals surface area contributed by atoms with Gasteiger partial charge in [0, 0.05) is 12.0 Å². The van der Waals surface area contributed by atoms with E-state index in [0.717, 1.165) is 22.6 Å². The number of aromatic nitrogens is 2. The highest BCUT2D eigenvalue weighted by Crippen LogP contribution is 2.26. The van der Waals surface area contributed by atoms with Gasteiger partial charge in [-0.15, -0.1) is 10.2 Å². The van der Waals surface area contributed by atoms with Crippen molar-refractivity contribution in [3.63, 3.8) is 0 Å². The molecule has 0 spiro atoms. The van der Waals surface area contributed by atoms with E-state index in [1.165, 1.54) is 16.9 Å². The summed E-state index contributed by atoms with van der Waals surface area (Å²) in [6.45, 7) is 2.04. The average Bonchev–Trinajstić information content (AvgIpc) is 3.03. The average molecular weight is 323 g/mol. The second-order valence-corrected chi connectivity index (χ2v) is 6.29. The Balaban J connectivity index is 1.58. The van der Waals surface area contributed by atoms with Crippen LogP contribution in [0.3, 0.4) is 0 Å². The van der Waals surface area contributed by atoms with E-state index < -0.39 is 0 Å². The van der Waals surface area contributed by atoms with Crippen LogP contribution in [0.15, 0.2) is 54.6 Å². The van der Waals surface area contributed by atoms with E-state index in [-0.39, 0.29) is 5.91 Å². The maximum absolute atomic E-state index is 12.0. The second-order valence-electron chi connectivity index (χ2n) is 5.31. The number of benzene rings is 2. The van der Waals surface area contributed by atoms with Crippen LogP contribution in [0.2, 0.25) is 0 Å². The van der Waals surface area contributed by atoms with Crippen molar-refractivity contribution in [1.82, 2.24) is 10.2 Å². The third kappa shape index (κ3) is 4.23. The molecule has 1 N–H and O–H groups in total. The standard InChI is InChI=1S/C18H17N3OS/c1-13-7-10-15(11-8-13)17-20-21-18(23-17)19-16(22)12-9-14-5-3-2-4-6-14/h2-8,10-11H,9,12H2,1H3,(H,19,21,22). The van der Waals surface area contributed by atoms with Gasteiger partial charge in [0.25, 0.3) is 0 Å². The minimum absolute atomic E-state index is 0.0412. The third-order valence-corrected chi connectivity index (χ3v) is 4.34. The molecule has 0 radical (unpaired) electrons. The van der Waals surface area contributed by atoms with Gasteiger partial charge in [-0.1, -0.05) is 71.5 Å². The van der Waals surface area contributed by atoms with Crippen LogP contribution in [0.4, 0.5) is 5.13 Å². The SMILES string of the molecule is Cc1ccc(-c2nnc(NC(=O)CCc3ccccc3)s2)cc1. The molecule has 1 aromatic heterocycles. The molecule has 5 heteroatoms. The fourth-order valence-corrected chi connectivity index (χ4v) is 2.94. The van der Waals surface area contributed by atoms with Crippen LogP contribution in [0.25, 0.3) is 10.6 Å². The zero-order valence-electron chi connectivity index (χ0n) is 12.8. The molecule has 0 fully saturated rings. The zero-order chi connectivity index (χ0) is 16.1. The summed E-state index contributed by atoms with van der Waals surface area (Å²) < 4.78 is 0. The Hall–Kier alpha value is -2.53. The predicted molar refractivity (Wildman–Crippen MR) is 93.5 cm³/mol. The summed E-state index contributed by atoms with van der Waals surface area (Å²) in [6.07, 6.45) is 1.15. The van der Waals surface area contributed by atoms with Gasteiger partial charge in [-0.05, 0) is 18.9 Å². The van der Waals surface area contributed by atoms with Crippen LogP contribution in [-0.4, -0.2) is 16.1 Å². The van der Waals surface area contributed by atoms with Crippen LogP contribution in [0.5, 0.6) is 0 Å². The van der Waals surface area contributed by atoms with Crippen molar-refractivity contribution in [3.05, 3.63) is 65.7 Å². The van der Waals surface area contributed by atoms with Gasteiger partial charge in [-0.25, -0.2) is 0 Å². The summed E-state index contributed by atoms with van der Waals surface area (Å²) in [4.78, 5) is 12.0. The number of nitrogens with one attached hydrogen (secondary N) is 1. The first-order valence-electron chi connectivity index (χ1n) is 7.45. The number of hydrogen-bond acceptors (Lipinski definition) is 4. The Labute approximate surface area is 139 Å². The Bertz CT molecular complexity index is 782. The van der Waals surface area contributed by atoms with Gasteiger partial charge >= 0.3 is 0 Å². The molecule has 23 heavy (non-hydrogen) atoms. The van der Waals surface area contributed by atoms with Gasteiger partial charge in [0.2, 0.25) is 11.0 Å². The van der Waals surface area contributed by atoms with E-state index in [1.807, 2.05) is 61.5 Å². The summed E-state index contributed by atoms with van der Waals surface area (Å²) in [5.74, 6) is -0.0412. The fourth-order valence-electron chi connectivity index (χ4n) is 2.17. The number of rotatable bonds is 5. The van der Waals surface area contributed by atoms with E-state index >= 15 is 0 Å². The maximum atomic E-state index is 12.0. The third-order valence-electron chi connectivity index (χ3n) is 3.45. The highest BCUT2D eigenvalue weighted by Gasteiger charge is 2.09. The van der Waals surface area contributed by atoms with E-state index in [4.69, 9.17) is 0 Å². The van der Waals surface area contributed by atoms with Crippen molar-refractivity contribution in [2.75, 3.05) is 5.32 Å². The molecule has 1 amide bonds. The van der Waals surface area contributed by atoms with Crippen LogP contribution in [0, 0.1) is 6.92 Å². The number of carbonyl (C=O) groups is 1. The molecule has 0 saturated carbocycles. The number of amides is 1. The molecular weight excluding hydrogens is 306 g/mol. The van der Waals surface area contributed by atoms with Crippen LogP contribution in [-0.2, 0) is 11.2 Å². The first-order chi connectivity index (χ1) is 11.2. The molecule has 0 saturated heterocycles. The number of anilines is 1. The number of carbonyl (C=O) groups excluding carboxylic acids is 1. The summed E-state index contributed by atoms with van der Waals surface area (Å²) in [6, 6.07) is 18.1. The van der Waals surface area contributed by atoms with Crippen molar-refractivity contribution in [1.29, 1.82) is 0 Å². The van der Waals surface area contributed by atoms with Gasteiger partial charge in [0.05, 0.1) is 0 Å². The summed E-state index contributed by atoms with van der Waals surface area (Å²) in [5, 5.41) is 12.4. The van der Waals surface area contributed by atoms with Gasteiger partial charge in [0.1, 0.15) is 5.01 Å². The minimum Gasteiger partial charge on any atom is -0.301 e. The van der Waals surface area contributed by atoms with Gasteiger partial charge in [-0.2, -0.15) is 0 Å². The Kier molecular flexibility index (Phi) is 4.78. The van der Waals surface area contributed by atoms with Crippen molar-refractivity contribution < 1.29 is 4.79 Å². The van der Waals surface area contributed by atoms with Gasteiger partial charge in [0.15, 0.2) is 0 Å². The number of hydrogen-bond donors (Lipinski definition) is 1. The van der Waals surface area contributed by atoms with Crippen LogP contribution >= 0.6 is 11.3 Å². The van der Waals surface area contributed by atoms with Crippen molar-refractivity contribution in [2.45, 2.75) is 19.8 Å². The van der Waals surface area contributed by atoms with Crippen LogP contribution < -0.4 is 5.32 Å². The highest BCUT2D eigenvalue weighted by atomic mass is 32.1. The zero-order valence-corrected chi connectivity index (χ0v) is 13.6. The lowest BCUT2D eigenvalue weighted by Gasteiger charge is -2.01. The number of nitrogens with zero attached hydrogens (tertiary/aromatic N) is 2. The smallest absolute Gasteiger partial charge is 0.226 e. The Morgan fingerprint density at radius 2 is 1.78 bits per heavy atom. The van der Waals surface area contributed by atoms with E-state index in [9.17, 15) is 4.79 Å². The van der Waals surface area contributed by atoms with Crippen molar-refractivity contribution >= 4 is 22.4 Å². The molecule has 3 rings (SSSR count). The molecule has 0 bridgehead atoms. The molecule has 4 nitrogen and oxygen atoms in total. The molecule has 0 aliphatic heterocycles. The van der Waals surface area contributed by atoms with Gasteiger partial charge < -0.3 is 5.32 Å². The predicted octanol–water partition coefficient (Wildman–Crippen LogP) is 4.08. The van der Waals surface area contributed by atoms with E-state index in [1.54, 1.807) is 0 Å². The molecule has 116 valence electrons. The molecule has 0 unspecified atom stereocenters. The largest absolute Gasteiger partial charge is 0.301 e. The molecule has 3 aromatic rings. The summed E-state index contributed by atoms with van der Waals surface area (Å²) >= 11 is 1.39. The minimum atomic E-state index is -0.0412.